The highest BCUT2D eigenvalue weighted by atomic mass is 19.4. The lowest BCUT2D eigenvalue weighted by atomic mass is 9.62. The van der Waals surface area contributed by atoms with Crippen molar-refractivity contribution in [2.45, 2.75) is 76.0 Å². The summed E-state index contributed by atoms with van der Waals surface area (Å²) in [6.45, 7) is 2.14. The van der Waals surface area contributed by atoms with E-state index in [2.05, 4.69) is 13.0 Å². The van der Waals surface area contributed by atoms with Crippen molar-refractivity contribution in [1.29, 1.82) is 0 Å². The molecule has 2 aromatic rings. The average molecular weight is 447 g/mol. The third kappa shape index (κ3) is 4.37. The molecule has 6 heteroatoms. The van der Waals surface area contributed by atoms with Crippen LogP contribution in [0.25, 0.3) is 0 Å². The summed E-state index contributed by atoms with van der Waals surface area (Å²) in [7, 11) is 0. The lowest BCUT2D eigenvalue weighted by molar-refractivity contribution is -0.184. The maximum absolute atomic E-state index is 13.4. The third-order valence-corrected chi connectivity index (χ3v) is 7.24. The van der Waals surface area contributed by atoms with Crippen LogP contribution in [0.2, 0.25) is 0 Å². The molecule has 1 unspecified atom stereocenters. The number of alkyl halides is 3. The van der Waals surface area contributed by atoms with Gasteiger partial charge in [0.2, 0.25) is 0 Å². The summed E-state index contributed by atoms with van der Waals surface area (Å²) in [6, 6.07) is 12.7. The first-order valence-corrected chi connectivity index (χ1v) is 11.4. The molecule has 1 fully saturated rings. The van der Waals surface area contributed by atoms with Crippen molar-refractivity contribution in [2.75, 3.05) is 0 Å². The Hall–Kier alpha value is -2.50. The van der Waals surface area contributed by atoms with Gasteiger partial charge in [-0.25, -0.2) is 4.79 Å². The standard InChI is InChI=1S/C26H29F3O3/c1-2-3-22-10-6-18-16-21(9-11-23(18)32-22)25(14-12-20(13-15-25)26(27,28)29)19-7-4-17(5-8-19)24(30)31/h4-5,7-9,11,16,20,22H,2-3,6,10,12-15H2,1H3,(H,30,31). The van der Waals surface area contributed by atoms with Crippen LogP contribution in [-0.4, -0.2) is 23.4 Å². The SMILES string of the molecule is CCCC1CCc2cc(C3(c4ccc(C(=O)O)cc4)CCC(C(F)(F)F)CC3)ccc2O1. The van der Waals surface area contributed by atoms with Crippen LogP contribution in [0.1, 0.15) is 78.9 Å². The van der Waals surface area contributed by atoms with Gasteiger partial charge in [0.15, 0.2) is 0 Å². The molecule has 4 rings (SSSR count). The molecule has 1 heterocycles. The van der Waals surface area contributed by atoms with Crippen LogP contribution in [0.4, 0.5) is 13.2 Å². The first kappa shape index (κ1) is 22.7. The molecular weight excluding hydrogens is 417 g/mol. The van der Waals surface area contributed by atoms with E-state index in [1.165, 1.54) is 0 Å². The summed E-state index contributed by atoms with van der Waals surface area (Å²) in [5.74, 6) is -1.43. The van der Waals surface area contributed by atoms with Gasteiger partial charge in [-0.05, 0) is 79.8 Å². The van der Waals surface area contributed by atoms with Crippen molar-refractivity contribution in [2.24, 2.45) is 5.92 Å². The number of carboxylic acid groups (broad SMARTS) is 1. The predicted molar refractivity (Wildman–Crippen MR) is 116 cm³/mol. The number of benzene rings is 2. The van der Waals surface area contributed by atoms with E-state index in [1.807, 2.05) is 12.1 Å². The monoisotopic (exact) mass is 446 g/mol. The first-order chi connectivity index (χ1) is 15.2. The van der Waals surface area contributed by atoms with Crippen LogP contribution in [-0.2, 0) is 11.8 Å². The zero-order valence-electron chi connectivity index (χ0n) is 18.3. The molecule has 172 valence electrons. The number of hydrogen-bond donors (Lipinski definition) is 1. The smallest absolute Gasteiger partial charge is 0.391 e. The lowest BCUT2D eigenvalue weighted by Crippen LogP contribution is -2.37. The summed E-state index contributed by atoms with van der Waals surface area (Å²) >= 11 is 0. The molecular formula is C26H29F3O3. The molecule has 2 aliphatic rings. The summed E-state index contributed by atoms with van der Waals surface area (Å²) < 4.78 is 46.3. The number of ether oxygens (including phenoxy) is 1. The zero-order valence-corrected chi connectivity index (χ0v) is 18.3. The average Bonchev–Trinajstić information content (AvgIpc) is 2.78. The van der Waals surface area contributed by atoms with Gasteiger partial charge in [-0.2, -0.15) is 13.2 Å². The predicted octanol–water partition coefficient (Wildman–Crippen LogP) is 6.92. The van der Waals surface area contributed by atoms with Crippen molar-refractivity contribution >= 4 is 5.97 Å². The normalized spacial score (nSPS) is 25.6. The lowest BCUT2D eigenvalue weighted by Gasteiger charge is -2.42. The quantitative estimate of drug-likeness (QED) is 0.542. The van der Waals surface area contributed by atoms with Gasteiger partial charge in [-0.15, -0.1) is 0 Å². The number of carboxylic acids is 1. The maximum Gasteiger partial charge on any atom is 0.391 e. The minimum atomic E-state index is -4.18. The second-order valence-electron chi connectivity index (χ2n) is 9.17. The molecule has 1 saturated carbocycles. The van der Waals surface area contributed by atoms with Crippen LogP contribution in [0, 0.1) is 5.92 Å². The maximum atomic E-state index is 13.4. The molecule has 1 N–H and O–H groups in total. The Kier molecular flexibility index (Phi) is 6.24. The molecule has 3 nitrogen and oxygen atoms in total. The molecule has 0 amide bonds. The molecule has 2 aromatic carbocycles. The number of carbonyl (C=O) groups is 1. The molecule has 32 heavy (non-hydrogen) atoms. The van der Waals surface area contributed by atoms with Crippen LogP contribution < -0.4 is 4.74 Å². The van der Waals surface area contributed by atoms with Crippen molar-refractivity contribution in [3.05, 3.63) is 64.7 Å². The second kappa shape index (κ2) is 8.80. The van der Waals surface area contributed by atoms with E-state index >= 15 is 0 Å². The highest BCUT2D eigenvalue weighted by molar-refractivity contribution is 5.87. The Morgan fingerprint density at radius 1 is 1.06 bits per heavy atom. The fourth-order valence-corrected chi connectivity index (χ4v) is 5.38. The number of aryl methyl sites for hydroxylation is 1. The van der Waals surface area contributed by atoms with E-state index in [1.54, 1.807) is 24.3 Å². The van der Waals surface area contributed by atoms with E-state index < -0.39 is 23.5 Å². The van der Waals surface area contributed by atoms with Gasteiger partial charge in [0.1, 0.15) is 5.75 Å². The van der Waals surface area contributed by atoms with Gasteiger partial charge >= 0.3 is 12.1 Å². The Balaban J connectivity index is 1.70. The third-order valence-electron chi connectivity index (χ3n) is 7.24. The number of hydrogen-bond acceptors (Lipinski definition) is 2. The van der Waals surface area contributed by atoms with Crippen LogP contribution >= 0.6 is 0 Å². The largest absolute Gasteiger partial charge is 0.490 e. The van der Waals surface area contributed by atoms with Gasteiger partial charge < -0.3 is 9.84 Å². The zero-order chi connectivity index (χ0) is 22.9. The Morgan fingerprint density at radius 2 is 1.72 bits per heavy atom. The van der Waals surface area contributed by atoms with Crippen molar-refractivity contribution in [3.63, 3.8) is 0 Å². The molecule has 0 bridgehead atoms. The second-order valence-corrected chi connectivity index (χ2v) is 9.17. The van der Waals surface area contributed by atoms with Crippen molar-refractivity contribution in [3.8, 4) is 5.75 Å². The molecule has 0 saturated heterocycles. The van der Waals surface area contributed by atoms with Crippen molar-refractivity contribution in [1.82, 2.24) is 0 Å². The summed E-state index contributed by atoms with van der Waals surface area (Å²) in [5, 5.41) is 9.24. The summed E-state index contributed by atoms with van der Waals surface area (Å²) in [6.07, 6.45) is 0.840. The molecule has 0 aromatic heterocycles. The number of halogens is 3. The Labute approximate surface area is 186 Å². The number of rotatable bonds is 5. The minimum absolute atomic E-state index is 0.0658. The van der Waals surface area contributed by atoms with E-state index in [-0.39, 0.29) is 24.5 Å². The topological polar surface area (TPSA) is 46.5 Å². The summed E-state index contributed by atoms with van der Waals surface area (Å²) in [5.41, 5.74) is 2.60. The van der Waals surface area contributed by atoms with Gasteiger partial charge in [0.05, 0.1) is 17.6 Å². The molecule has 0 spiro atoms. The van der Waals surface area contributed by atoms with E-state index in [0.29, 0.717) is 12.8 Å². The molecule has 1 aliphatic carbocycles. The van der Waals surface area contributed by atoms with E-state index in [0.717, 1.165) is 48.1 Å². The van der Waals surface area contributed by atoms with E-state index in [9.17, 15) is 23.1 Å². The van der Waals surface area contributed by atoms with Crippen LogP contribution in [0.15, 0.2) is 42.5 Å². The number of aromatic carboxylic acids is 1. The Morgan fingerprint density at radius 3 is 2.31 bits per heavy atom. The van der Waals surface area contributed by atoms with Gasteiger partial charge in [-0.1, -0.05) is 37.6 Å². The Bertz CT molecular complexity index is 957. The van der Waals surface area contributed by atoms with Crippen LogP contribution in [0.5, 0.6) is 5.75 Å². The highest BCUT2D eigenvalue weighted by Crippen LogP contribution is 2.50. The van der Waals surface area contributed by atoms with Crippen LogP contribution in [0.3, 0.4) is 0 Å². The van der Waals surface area contributed by atoms with Crippen molar-refractivity contribution < 1.29 is 27.8 Å². The van der Waals surface area contributed by atoms with Gasteiger partial charge in [-0.3, -0.25) is 0 Å². The minimum Gasteiger partial charge on any atom is -0.490 e. The fraction of sp³-hybridized carbons (Fsp3) is 0.500. The van der Waals surface area contributed by atoms with E-state index in [4.69, 9.17) is 4.74 Å². The fourth-order valence-electron chi connectivity index (χ4n) is 5.38. The van der Waals surface area contributed by atoms with Gasteiger partial charge in [0, 0.05) is 5.41 Å². The summed E-state index contributed by atoms with van der Waals surface area (Å²) in [4.78, 5) is 11.3. The molecule has 1 atom stereocenters. The number of fused-ring (bicyclic) bond motifs is 1. The highest BCUT2D eigenvalue weighted by Gasteiger charge is 2.47. The molecule has 1 aliphatic heterocycles. The van der Waals surface area contributed by atoms with Gasteiger partial charge in [0.25, 0.3) is 0 Å². The first-order valence-electron chi connectivity index (χ1n) is 11.4. The molecule has 0 radical (unpaired) electrons.